The van der Waals surface area contributed by atoms with E-state index < -0.39 is 0 Å². The van der Waals surface area contributed by atoms with E-state index in [4.69, 9.17) is 39.5 Å². The van der Waals surface area contributed by atoms with Crippen LogP contribution < -0.4 is 4.90 Å². The number of halogens is 3. The minimum absolute atomic E-state index is 0.201. The van der Waals surface area contributed by atoms with Gasteiger partial charge in [0.1, 0.15) is 18.8 Å². The van der Waals surface area contributed by atoms with Gasteiger partial charge in [0.2, 0.25) is 0 Å². The first-order chi connectivity index (χ1) is 13.1. The second-order valence-electron chi connectivity index (χ2n) is 6.22. The summed E-state index contributed by atoms with van der Waals surface area (Å²) in [5.74, 6) is 0. The van der Waals surface area contributed by atoms with E-state index in [1.807, 2.05) is 36.8 Å². The van der Waals surface area contributed by atoms with Gasteiger partial charge in [-0.25, -0.2) is 4.99 Å². The highest BCUT2D eigenvalue weighted by atomic mass is 35.5. The number of nitrogens with zero attached hydrogens (tertiary/aromatic N) is 1. The van der Waals surface area contributed by atoms with Gasteiger partial charge in [0.25, 0.3) is 0 Å². The highest BCUT2D eigenvalue weighted by Gasteiger charge is 2.22. The van der Waals surface area contributed by atoms with Crippen LogP contribution in [0.2, 0.25) is 15.1 Å². The number of quaternary nitrogens is 1. The zero-order valence-corrected chi connectivity index (χ0v) is 17.2. The fourth-order valence-corrected chi connectivity index (χ4v) is 4.85. The molecule has 0 spiro atoms. The van der Waals surface area contributed by atoms with Gasteiger partial charge in [0, 0.05) is 15.6 Å². The van der Waals surface area contributed by atoms with Gasteiger partial charge in [-0.15, -0.1) is 11.3 Å². The Hall–Kier alpha value is -1.40. The average Bonchev–Trinajstić information content (AvgIpc) is 3.29. The first-order valence-corrected chi connectivity index (χ1v) is 10.4. The van der Waals surface area contributed by atoms with Gasteiger partial charge in [0.15, 0.2) is 6.34 Å². The van der Waals surface area contributed by atoms with Gasteiger partial charge in [-0.1, -0.05) is 53.0 Å². The quantitative estimate of drug-likeness (QED) is 0.539. The van der Waals surface area contributed by atoms with E-state index in [1.54, 1.807) is 23.6 Å². The van der Waals surface area contributed by atoms with Crippen molar-refractivity contribution in [2.75, 3.05) is 6.54 Å². The third kappa shape index (κ3) is 4.21. The van der Waals surface area contributed by atoms with Gasteiger partial charge >= 0.3 is 0 Å². The number of fused-ring (bicyclic) bond motifs is 1. The largest absolute Gasteiger partial charge is 0.363 e. The smallest absolute Gasteiger partial charge is 0.193 e. The first-order valence-electron chi connectivity index (χ1n) is 8.38. The maximum atomic E-state index is 6.45. The van der Waals surface area contributed by atoms with Gasteiger partial charge in [-0.2, -0.15) is 0 Å². The van der Waals surface area contributed by atoms with E-state index in [9.17, 15) is 0 Å². The summed E-state index contributed by atoms with van der Waals surface area (Å²) in [6, 6.07) is 11.4. The molecule has 2 atom stereocenters. The fourth-order valence-electron chi connectivity index (χ4n) is 3.05. The Morgan fingerprint density at radius 1 is 1.11 bits per heavy atom. The summed E-state index contributed by atoms with van der Waals surface area (Å²) >= 11 is 20.4. The van der Waals surface area contributed by atoms with Gasteiger partial charge in [-0.05, 0) is 34.5 Å². The Labute approximate surface area is 176 Å². The summed E-state index contributed by atoms with van der Waals surface area (Å²) in [6.07, 6.45) is 5.41. The minimum Gasteiger partial charge on any atom is -0.363 e. The maximum absolute atomic E-state index is 6.45. The molecule has 0 saturated carbocycles. The molecule has 1 aliphatic heterocycles. The van der Waals surface area contributed by atoms with Crippen LogP contribution in [0.25, 0.3) is 10.1 Å². The van der Waals surface area contributed by atoms with Crippen LogP contribution in [-0.2, 0) is 11.3 Å². The van der Waals surface area contributed by atoms with Crippen LogP contribution >= 0.6 is 46.1 Å². The van der Waals surface area contributed by atoms with Crippen LogP contribution in [-0.4, -0.2) is 12.9 Å². The van der Waals surface area contributed by atoms with Gasteiger partial charge < -0.3 is 4.74 Å². The SMILES string of the molecule is Clc1ccc(C(C[NH+]2C=CN=C2)OCc2csc3c(Cl)cccc23)c(Cl)c1. The molecule has 2 unspecified atom stereocenters. The Balaban J connectivity index is 1.59. The molecule has 7 heteroatoms. The number of rotatable bonds is 6. The number of benzene rings is 2. The van der Waals surface area contributed by atoms with Crippen molar-refractivity contribution in [1.82, 2.24) is 0 Å². The van der Waals surface area contributed by atoms with Crippen LogP contribution in [0.1, 0.15) is 17.2 Å². The maximum Gasteiger partial charge on any atom is 0.193 e. The second kappa shape index (κ2) is 8.31. The van der Waals surface area contributed by atoms with Crippen molar-refractivity contribution in [3.05, 3.63) is 80.4 Å². The van der Waals surface area contributed by atoms with Crippen LogP contribution in [0.3, 0.4) is 0 Å². The molecular weight excluding hydrogens is 423 g/mol. The molecule has 0 fully saturated rings. The van der Waals surface area contributed by atoms with Crippen molar-refractivity contribution in [1.29, 1.82) is 0 Å². The number of hydrogen-bond donors (Lipinski definition) is 1. The molecule has 4 rings (SSSR count). The third-order valence-electron chi connectivity index (χ3n) is 4.42. The molecule has 3 nitrogen and oxygen atoms in total. The lowest BCUT2D eigenvalue weighted by Gasteiger charge is -2.20. The Bertz CT molecular complexity index is 1020. The van der Waals surface area contributed by atoms with E-state index in [0.29, 0.717) is 23.2 Å². The van der Waals surface area contributed by atoms with Crippen LogP contribution in [0, 0.1) is 0 Å². The third-order valence-corrected chi connectivity index (χ3v) is 6.48. The predicted molar refractivity (Wildman–Crippen MR) is 114 cm³/mol. The Morgan fingerprint density at radius 2 is 2.00 bits per heavy atom. The summed E-state index contributed by atoms with van der Waals surface area (Å²) < 4.78 is 7.41. The lowest BCUT2D eigenvalue weighted by Crippen LogP contribution is -3.06. The number of nitrogens with one attached hydrogen (secondary N) is 1. The molecule has 0 radical (unpaired) electrons. The van der Waals surface area contributed by atoms with E-state index in [0.717, 1.165) is 31.1 Å². The minimum atomic E-state index is -0.201. The van der Waals surface area contributed by atoms with Gasteiger partial charge in [0.05, 0.1) is 22.5 Å². The monoisotopic (exact) mass is 437 g/mol. The standard InChI is InChI=1S/C20H15Cl3N2OS/c21-14-4-5-16(18(23)8-14)19(9-25-7-6-24-12-25)26-10-13-11-27-20-15(13)2-1-3-17(20)22/h1-8,11-12,19H,9-10H2/p+1. The number of ether oxygens (including phenoxy) is 1. The molecule has 2 aromatic carbocycles. The summed E-state index contributed by atoms with van der Waals surface area (Å²) in [7, 11) is 0. The van der Waals surface area contributed by atoms with Crippen molar-refractivity contribution in [3.8, 4) is 0 Å². The number of hydrogen-bond acceptors (Lipinski definition) is 3. The zero-order chi connectivity index (χ0) is 18.8. The molecule has 0 aliphatic carbocycles. The molecule has 1 aliphatic rings. The molecule has 0 saturated heterocycles. The van der Waals surface area contributed by atoms with Gasteiger partial charge in [-0.3, -0.25) is 4.90 Å². The molecule has 2 heterocycles. The summed E-state index contributed by atoms with van der Waals surface area (Å²) in [6.45, 7) is 1.16. The molecule has 0 bridgehead atoms. The van der Waals surface area contributed by atoms with E-state index in [2.05, 4.69) is 16.4 Å². The lowest BCUT2D eigenvalue weighted by molar-refractivity contribution is -0.742. The Kier molecular flexibility index (Phi) is 5.83. The summed E-state index contributed by atoms with van der Waals surface area (Å²) in [5, 5.41) is 5.20. The summed E-state index contributed by atoms with van der Waals surface area (Å²) in [5.41, 5.74) is 2.04. The molecule has 27 heavy (non-hydrogen) atoms. The van der Waals surface area contributed by atoms with Crippen molar-refractivity contribution in [2.24, 2.45) is 4.99 Å². The predicted octanol–water partition coefficient (Wildman–Crippen LogP) is 5.52. The van der Waals surface area contributed by atoms with Crippen molar-refractivity contribution in [3.63, 3.8) is 0 Å². The second-order valence-corrected chi connectivity index (χ2v) is 8.35. The van der Waals surface area contributed by atoms with Crippen LogP contribution in [0.15, 0.2) is 59.2 Å². The molecule has 1 N–H and O–H groups in total. The highest BCUT2D eigenvalue weighted by Crippen LogP contribution is 2.34. The van der Waals surface area contributed by atoms with Crippen molar-refractivity contribution >= 4 is 62.6 Å². The van der Waals surface area contributed by atoms with E-state index in [1.165, 1.54) is 0 Å². The number of thiophene rings is 1. The van der Waals surface area contributed by atoms with E-state index >= 15 is 0 Å². The van der Waals surface area contributed by atoms with Crippen LogP contribution in [0.5, 0.6) is 0 Å². The number of aliphatic imine (C=N–C) groups is 1. The van der Waals surface area contributed by atoms with Crippen molar-refractivity contribution in [2.45, 2.75) is 12.7 Å². The molecule has 3 aromatic rings. The van der Waals surface area contributed by atoms with E-state index in [-0.39, 0.29) is 6.10 Å². The van der Waals surface area contributed by atoms with Crippen molar-refractivity contribution < 1.29 is 9.64 Å². The average molecular weight is 439 g/mol. The Morgan fingerprint density at radius 3 is 2.78 bits per heavy atom. The fraction of sp³-hybridized carbons (Fsp3) is 0.150. The first kappa shape index (κ1) is 18.9. The molecule has 138 valence electrons. The normalized spacial score (nSPS) is 17.1. The summed E-state index contributed by atoms with van der Waals surface area (Å²) in [4.78, 5) is 5.24. The molecular formula is C20H16Cl3N2OS+. The zero-order valence-electron chi connectivity index (χ0n) is 14.2. The van der Waals surface area contributed by atoms with Crippen LogP contribution in [0.4, 0.5) is 0 Å². The molecule has 1 aromatic heterocycles. The molecule has 0 amide bonds. The highest BCUT2D eigenvalue weighted by molar-refractivity contribution is 7.18. The lowest BCUT2D eigenvalue weighted by atomic mass is 10.1. The topological polar surface area (TPSA) is 26.0 Å².